The molecule has 186 valence electrons. The fraction of sp³-hybridized carbons (Fsp3) is 0.444. The molecule has 7 nitrogen and oxygen atoms in total. The first kappa shape index (κ1) is 25.2. The first-order valence-electron chi connectivity index (χ1n) is 12.1. The predicted octanol–water partition coefficient (Wildman–Crippen LogP) is 5.16. The number of aromatic nitrogens is 2. The van der Waals surface area contributed by atoms with E-state index in [1.165, 1.54) is 6.42 Å². The summed E-state index contributed by atoms with van der Waals surface area (Å²) in [7, 11) is 3.22. The highest BCUT2D eigenvalue weighted by Crippen LogP contribution is 2.30. The summed E-state index contributed by atoms with van der Waals surface area (Å²) < 4.78 is 12.2. The van der Waals surface area contributed by atoms with Gasteiger partial charge in [0.2, 0.25) is 5.91 Å². The Morgan fingerprint density at radius 2 is 1.86 bits per heavy atom. The van der Waals surface area contributed by atoms with Gasteiger partial charge in [-0.05, 0) is 62.2 Å². The quantitative estimate of drug-likeness (QED) is 0.429. The number of rotatable bonds is 8. The highest BCUT2D eigenvalue weighted by Gasteiger charge is 2.32. The number of halogens is 1. The third-order valence-corrected chi connectivity index (χ3v) is 7.04. The average Bonchev–Trinajstić information content (AvgIpc) is 2.89. The van der Waals surface area contributed by atoms with Crippen LogP contribution in [0.5, 0.6) is 5.75 Å². The zero-order chi connectivity index (χ0) is 24.9. The second kappa shape index (κ2) is 11.2. The highest BCUT2D eigenvalue weighted by atomic mass is 35.5. The summed E-state index contributed by atoms with van der Waals surface area (Å²) >= 11 is 6.23. The van der Waals surface area contributed by atoms with Gasteiger partial charge < -0.3 is 14.4 Å². The Labute approximate surface area is 210 Å². The smallest absolute Gasteiger partial charge is 0.266 e. The molecule has 4 rings (SSSR count). The van der Waals surface area contributed by atoms with Crippen molar-refractivity contribution in [3.63, 3.8) is 0 Å². The normalized spacial score (nSPS) is 15.2. The Bertz CT molecular complexity index is 1240. The van der Waals surface area contributed by atoms with Gasteiger partial charge in [0.1, 0.15) is 11.6 Å². The van der Waals surface area contributed by atoms with Crippen molar-refractivity contribution in [2.45, 2.75) is 45.1 Å². The van der Waals surface area contributed by atoms with E-state index in [0.29, 0.717) is 46.3 Å². The molecular weight excluding hydrogens is 466 g/mol. The van der Waals surface area contributed by atoms with Gasteiger partial charge in [-0.25, -0.2) is 4.98 Å². The highest BCUT2D eigenvalue weighted by molar-refractivity contribution is 6.31. The lowest BCUT2D eigenvalue weighted by Gasteiger charge is -2.34. The van der Waals surface area contributed by atoms with Crippen LogP contribution in [0.1, 0.15) is 50.9 Å². The summed E-state index contributed by atoms with van der Waals surface area (Å²) in [6.45, 7) is 2.74. The van der Waals surface area contributed by atoms with Gasteiger partial charge in [0, 0.05) is 24.6 Å². The number of carbonyl (C=O) groups is 1. The van der Waals surface area contributed by atoms with Crippen molar-refractivity contribution < 1.29 is 14.3 Å². The van der Waals surface area contributed by atoms with Gasteiger partial charge >= 0.3 is 0 Å². The lowest BCUT2D eigenvalue weighted by atomic mass is 9.88. The Balaban J connectivity index is 1.86. The van der Waals surface area contributed by atoms with Crippen molar-refractivity contribution in [1.29, 1.82) is 0 Å². The van der Waals surface area contributed by atoms with Crippen LogP contribution in [0.2, 0.25) is 5.02 Å². The number of ether oxygens (including phenoxy) is 2. The van der Waals surface area contributed by atoms with Crippen LogP contribution in [0, 0.1) is 5.92 Å². The van der Waals surface area contributed by atoms with Crippen molar-refractivity contribution in [2.75, 3.05) is 27.4 Å². The number of hydrogen-bond donors (Lipinski definition) is 0. The van der Waals surface area contributed by atoms with E-state index >= 15 is 0 Å². The van der Waals surface area contributed by atoms with Crippen LogP contribution in [-0.2, 0) is 9.53 Å². The number of nitrogens with zero attached hydrogens (tertiary/aromatic N) is 3. The largest absolute Gasteiger partial charge is 0.497 e. The maximum absolute atomic E-state index is 13.7. The van der Waals surface area contributed by atoms with Gasteiger partial charge in [-0.2, -0.15) is 0 Å². The van der Waals surface area contributed by atoms with Crippen LogP contribution < -0.4 is 10.3 Å². The lowest BCUT2D eigenvalue weighted by Crippen LogP contribution is -2.42. The SMILES string of the molecule is COCCN(C(=O)C1CCCCC1)C(C)c1nc2cc(Cl)ccc2c(=O)n1-c1ccc(OC)cc1. The molecule has 0 bridgehead atoms. The molecule has 1 fully saturated rings. The summed E-state index contributed by atoms with van der Waals surface area (Å²) in [6, 6.07) is 11.9. The predicted molar refractivity (Wildman–Crippen MR) is 137 cm³/mol. The number of amides is 1. The first-order chi connectivity index (χ1) is 16.9. The molecule has 0 radical (unpaired) electrons. The van der Waals surface area contributed by atoms with Gasteiger partial charge in [-0.15, -0.1) is 0 Å². The summed E-state index contributed by atoms with van der Waals surface area (Å²) in [6.07, 6.45) is 5.07. The molecule has 0 saturated heterocycles. The van der Waals surface area contributed by atoms with Gasteiger partial charge in [-0.1, -0.05) is 30.9 Å². The molecule has 1 saturated carbocycles. The minimum atomic E-state index is -0.460. The minimum Gasteiger partial charge on any atom is -0.497 e. The van der Waals surface area contributed by atoms with E-state index in [0.717, 1.165) is 25.7 Å². The van der Waals surface area contributed by atoms with E-state index in [4.69, 9.17) is 26.1 Å². The summed E-state index contributed by atoms with van der Waals surface area (Å²) in [5.41, 5.74) is 0.945. The monoisotopic (exact) mass is 497 g/mol. The number of hydrogen-bond acceptors (Lipinski definition) is 5. The van der Waals surface area contributed by atoms with Gasteiger partial charge in [0.25, 0.3) is 5.56 Å². The van der Waals surface area contributed by atoms with E-state index in [9.17, 15) is 9.59 Å². The zero-order valence-electron chi connectivity index (χ0n) is 20.5. The zero-order valence-corrected chi connectivity index (χ0v) is 21.3. The van der Waals surface area contributed by atoms with Crippen molar-refractivity contribution >= 4 is 28.4 Å². The van der Waals surface area contributed by atoms with Gasteiger partial charge in [0.05, 0.1) is 36.3 Å². The van der Waals surface area contributed by atoms with Crippen molar-refractivity contribution in [3.8, 4) is 11.4 Å². The number of benzene rings is 2. The van der Waals surface area contributed by atoms with Crippen LogP contribution in [0.3, 0.4) is 0 Å². The Morgan fingerprint density at radius 3 is 2.51 bits per heavy atom. The maximum atomic E-state index is 13.7. The van der Waals surface area contributed by atoms with E-state index in [1.54, 1.807) is 49.1 Å². The molecule has 0 aliphatic heterocycles. The van der Waals surface area contributed by atoms with Crippen LogP contribution >= 0.6 is 11.6 Å². The fourth-order valence-electron chi connectivity index (χ4n) is 4.84. The Kier molecular flexibility index (Phi) is 8.08. The van der Waals surface area contributed by atoms with Gasteiger partial charge in [0.15, 0.2) is 0 Å². The van der Waals surface area contributed by atoms with Crippen molar-refractivity contribution in [1.82, 2.24) is 14.5 Å². The molecule has 2 aromatic carbocycles. The molecule has 1 heterocycles. The molecule has 0 spiro atoms. The average molecular weight is 498 g/mol. The van der Waals surface area contributed by atoms with E-state index in [2.05, 4.69) is 0 Å². The second-order valence-electron chi connectivity index (χ2n) is 9.01. The number of carbonyl (C=O) groups excluding carboxylic acids is 1. The third kappa shape index (κ3) is 5.36. The summed E-state index contributed by atoms with van der Waals surface area (Å²) in [5.74, 6) is 1.25. The number of methoxy groups -OCH3 is 2. The summed E-state index contributed by atoms with van der Waals surface area (Å²) in [4.78, 5) is 34.1. The molecule has 1 aliphatic rings. The lowest BCUT2D eigenvalue weighted by molar-refractivity contribution is -0.139. The van der Waals surface area contributed by atoms with Crippen molar-refractivity contribution in [2.24, 2.45) is 5.92 Å². The summed E-state index contributed by atoms with van der Waals surface area (Å²) in [5, 5.41) is 0.961. The van der Waals surface area contributed by atoms with Crippen LogP contribution in [-0.4, -0.2) is 47.7 Å². The van der Waals surface area contributed by atoms with Crippen molar-refractivity contribution in [3.05, 3.63) is 63.7 Å². The topological polar surface area (TPSA) is 73.7 Å². The number of fused-ring (bicyclic) bond motifs is 1. The van der Waals surface area contributed by atoms with Crippen LogP contribution in [0.25, 0.3) is 16.6 Å². The second-order valence-corrected chi connectivity index (χ2v) is 9.44. The molecule has 3 aromatic rings. The van der Waals surface area contributed by atoms with Gasteiger partial charge in [-0.3, -0.25) is 14.2 Å². The standard InChI is InChI=1S/C27H32ClN3O4/c1-18(30(15-16-34-2)26(32)19-7-5-4-6-8-19)25-29-24-17-20(28)9-14-23(24)27(33)31(25)21-10-12-22(35-3)13-11-21/h9-14,17-19H,4-8,15-16H2,1-3H3. The molecule has 1 aromatic heterocycles. The molecule has 1 amide bonds. The molecule has 1 aliphatic carbocycles. The maximum Gasteiger partial charge on any atom is 0.266 e. The molecule has 1 unspecified atom stereocenters. The molecular formula is C27H32ClN3O4. The first-order valence-corrected chi connectivity index (χ1v) is 12.5. The van der Waals surface area contributed by atoms with E-state index in [-0.39, 0.29) is 17.4 Å². The van der Waals surface area contributed by atoms with Crippen LogP contribution in [0.4, 0.5) is 0 Å². The Hall–Kier alpha value is -2.90. The van der Waals surface area contributed by atoms with E-state index < -0.39 is 6.04 Å². The van der Waals surface area contributed by atoms with Crippen LogP contribution in [0.15, 0.2) is 47.3 Å². The molecule has 0 N–H and O–H groups in total. The fourth-order valence-corrected chi connectivity index (χ4v) is 5.01. The minimum absolute atomic E-state index is 0.0147. The third-order valence-electron chi connectivity index (χ3n) is 6.80. The molecule has 35 heavy (non-hydrogen) atoms. The molecule has 1 atom stereocenters. The molecule has 8 heteroatoms. The Morgan fingerprint density at radius 1 is 1.14 bits per heavy atom. The van der Waals surface area contributed by atoms with E-state index in [1.807, 2.05) is 24.0 Å².